The lowest BCUT2D eigenvalue weighted by Crippen LogP contribution is -2.19. The minimum absolute atomic E-state index is 0.0884. The fraction of sp³-hybridized carbons (Fsp3) is 0.286. The summed E-state index contributed by atoms with van der Waals surface area (Å²) in [6.45, 7) is 0.408. The molecule has 0 radical (unpaired) electrons. The quantitative estimate of drug-likeness (QED) is 0.871. The summed E-state index contributed by atoms with van der Waals surface area (Å²) in [5.41, 5.74) is 6.85. The van der Waals surface area contributed by atoms with Crippen molar-refractivity contribution in [2.24, 2.45) is 5.73 Å². The van der Waals surface area contributed by atoms with Crippen molar-refractivity contribution in [3.8, 4) is 5.75 Å². The summed E-state index contributed by atoms with van der Waals surface area (Å²) in [7, 11) is 1.62. The molecule has 1 heterocycles. The van der Waals surface area contributed by atoms with Gasteiger partial charge >= 0.3 is 0 Å². The summed E-state index contributed by atoms with van der Waals surface area (Å²) in [5, 5.41) is 12.3. The van der Waals surface area contributed by atoms with E-state index in [9.17, 15) is 5.11 Å². The highest BCUT2D eigenvalue weighted by atomic mass is 32.1. The zero-order valence-electron chi connectivity index (χ0n) is 10.2. The molecule has 2 rings (SSSR count). The first-order valence-corrected chi connectivity index (χ1v) is 6.69. The highest BCUT2D eigenvalue weighted by Gasteiger charge is 2.22. The van der Waals surface area contributed by atoms with Gasteiger partial charge in [0.2, 0.25) is 0 Å². The van der Waals surface area contributed by atoms with Gasteiger partial charge in [0.05, 0.1) is 13.2 Å². The summed E-state index contributed by atoms with van der Waals surface area (Å²) in [6, 6.07) is 11.7. The van der Waals surface area contributed by atoms with Crippen LogP contribution < -0.4 is 10.5 Å². The van der Waals surface area contributed by atoms with E-state index in [1.165, 1.54) is 11.3 Å². The van der Waals surface area contributed by atoms with Gasteiger partial charge in [0, 0.05) is 22.7 Å². The van der Waals surface area contributed by atoms with Gasteiger partial charge in [-0.05, 0) is 11.6 Å². The smallest absolute Gasteiger partial charge is 0.129 e. The summed E-state index contributed by atoms with van der Waals surface area (Å²) in [6.07, 6.45) is -0.591. The van der Waals surface area contributed by atoms with Crippen molar-refractivity contribution in [2.75, 3.05) is 13.7 Å². The molecule has 2 aromatic rings. The predicted molar refractivity (Wildman–Crippen MR) is 74.1 cm³/mol. The Hall–Kier alpha value is -1.36. The third-order valence-electron chi connectivity index (χ3n) is 2.99. The number of rotatable bonds is 5. The molecule has 1 aromatic heterocycles. The summed E-state index contributed by atoms with van der Waals surface area (Å²) < 4.78 is 5.13. The lowest BCUT2D eigenvalue weighted by atomic mass is 9.92. The molecule has 0 saturated carbocycles. The molecule has 96 valence electrons. The van der Waals surface area contributed by atoms with Crippen molar-refractivity contribution in [2.45, 2.75) is 12.0 Å². The molecule has 0 fully saturated rings. The second-order valence-corrected chi connectivity index (χ2v) is 5.03. The zero-order valence-corrected chi connectivity index (χ0v) is 11.1. The fourth-order valence-corrected chi connectivity index (χ4v) is 2.85. The minimum Gasteiger partial charge on any atom is -0.496 e. The zero-order chi connectivity index (χ0) is 13.0. The van der Waals surface area contributed by atoms with Crippen LogP contribution in [-0.2, 0) is 0 Å². The van der Waals surface area contributed by atoms with Crippen molar-refractivity contribution >= 4 is 11.3 Å². The third kappa shape index (κ3) is 2.72. The van der Waals surface area contributed by atoms with E-state index in [2.05, 4.69) is 0 Å². The van der Waals surface area contributed by atoms with Crippen LogP contribution >= 0.6 is 11.3 Å². The van der Waals surface area contributed by atoms with E-state index in [1.807, 2.05) is 41.8 Å². The van der Waals surface area contributed by atoms with Crippen LogP contribution in [0.25, 0.3) is 0 Å². The molecule has 0 saturated heterocycles. The van der Waals surface area contributed by atoms with Crippen LogP contribution in [0, 0.1) is 0 Å². The number of thiophene rings is 1. The Bertz CT molecular complexity index is 484. The van der Waals surface area contributed by atoms with Crippen LogP contribution in [0.4, 0.5) is 0 Å². The molecule has 0 amide bonds. The van der Waals surface area contributed by atoms with Crippen molar-refractivity contribution in [1.29, 1.82) is 0 Å². The van der Waals surface area contributed by atoms with Gasteiger partial charge in [-0.25, -0.2) is 0 Å². The number of hydrogen-bond donors (Lipinski definition) is 2. The summed E-state index contributed by atoms with van der Waals surface area (Å²) in [4.78, 5) is 0.881. The molecule has 0 bridgehead atoms. The van der Waals surface area contributed by atoms with Crippen LogP contribution in [-0.4, -0.2) is 18.8 Å². The van der Waals surface area contributed by atoms with Crippen LogP contribution in [0.5, 0.6) is 5.75 Å². The molecule has 0 aliphatic carbocycles. The Morgan fingerprint density at radius 3 is 2.61 bits per heavy atom. The predicted octanol–water partition coefficient (Wildman–Crippen LogP) is 2.53. The molecule has 18 heavy (non-hydrogen) atoms. The van der Waals surface area contributed by atoms with Crippen LogP contribution in [0.3, 0.4) is 0 Å². The SMILES string of the molecule is COc1csc(C(O)C(CN)c2ccccc2)c1. The van der Waals surface area contributed by atoms with E-state index in [-0.39, 0.29) is 5.92 Å². The van der Waals surface area contributed by atoms with Crippen LogP contribution in [0.15, 0.2) is 41.8 Å². The number of aliphatic hydroxyl groups excluding tert-OH is 1. The molecule has 3 N–H and O–H groups in total. The normalized spacial score (nSPS) is 14.2. The molecule has 0 aliphatic rings. The van der Waals surface area contributed by atoms with E-state index < -0.39 is 6.10 Å². The molecule has 2 atom stereocenters. The van der Waals surface area contributed by atoms with Gasteiger partial charge < -0.3 is 15.6 Å². The van der Waals surface area contributed by atoms with E-state index >= 15 is 0 Å². The Labute approximate surface area is 111 Å². The number of ether oxygens (including phenoxy) is 1. The average molecular weight is 263 g/mol. The van der Waals surface area contributed by atoms with E-state index in [4.69, 9.17) is 10.5 Å². The molecule has 4 heteroatoms. The first kappa shape index (κ1) is 13.1. The van der Waals surface area contributed by atoms with Gasteiger partial charge in [0.1, 0.15) is 5.75 Å². The third-order valence-corrected chi connectivity index (χ3v) is 3.97. The fourth-order valence-electron chi connectivity index (χ4n) is 1.94. The Balaban J connectivity index is 2.22. The lowest BCUT2D eigenvalue weighted by molar-refractivity contribution is 0.151. The van der Waals surface area contributed by atoms with E-state index in [0.717, 1.165) is 16.2 Å². The maximum Gasteiger partial charge on any atom is 0.129 e. The number of hydrogen-bond acceptors (Lipinski definition) is 4. The van der Waals surface area contributed by atoms with E-state index in [1.54, 1.807) is 7.11 Å². The largest absolute Gasteiger partial charge is 0.496 e. The molecule has 0 spiro atoms. The van der Waals surface area contributed by atoms with Gasteiger partial charge in [-0.1, -0.05) is 30.3 Å². The maximum absolute atomic E-state index is 10.4. The summed E-state index contributed by atoms with van der Waals surface area (Å²) >= 11 is 1.49. The molecular weight excluding hydrogens is 246 g/mol. The first-order valence-electron chi connectivity index (χ1n) is 5.81. The molecule has 3 nitrogen and oxygen atoms in total. The number of aliphatic hydroxyl groups is 1. The Morgan fingerprint density at radius 2 is 2.06 bits per heavy atom. The van der Waals surface area contributed by atoms with E-state index in [0.29, 0.717) is 6.54 Å². The van der Waals surface area contributed by atoms with Crippen molar-refractivity contribution in [3.63, 3.8) is 0 Å². The van der Waals surface area contributed by atoms with Gasteiger partial charge in [-0.3, -0.25) is 0 Å². The highest BCUT2D eigenvalue weighted by Crippen LogP contribution is 2.35. The monoisotopic (exact) mass is 263 g/mol. The maximum atomic E-state index is 10.4. The molecule has 0 aliphatic heterocycles. The van der Waals surface area contributed by atoms with Crippen molar-refractivity contribution < 1.29 is 9.84 Å². The highest BCUT2D eigenvalue weighted by molar-refractivity contribution is 7.10. The number of benzene rings is 1. The second kappa shape index (κ2) is 6.00. The average Bonchev–Trinajstić information content (AvgIpc) is 2.89. The number of nitrogens with two attached hydrogens (primary N) is 1. The van der Waals surface area contributed by atoms with Crippen LogP contribution in [0.1, 0.15) is 22.5 Å². The first-order chi connectivity index (χ1) is 8.76. The van der Waals surface area contributed by atoms with Crippen molar-refractivity contribution in [3.05, 3.63) is 52.2 Å². The molecule has 2 unspecified atom stereocenters. The van der Waals surface area contributed by atoms with Crippen LogP contribution in [0.2, 0.25) is 0 Å². The molecule has 1 aromatic carbocycles. The Kier molecular flexibility index (Phi) is 4.36. The van der Waals surface area contributed by atoms with Gasteiger partial charge in [0.25, 0.3) is 0 Å². The standard InChI is InChI=1S/C14H17NO2S/c1-17-11-7-13(18-9-11)14(16)12(8-15)10-5-3-2-4-6-10/h2-7,9,12,14,16H,8,15H2,1H3. The van der Waals surface area contributed by atoms with Crippen molar-refractivity contribution in [1.82, 2.24) is 0 Å². The minimum atomic E-state index is -0.591. The van der Waals surface area contributed by atoms with Gasteiger partial charge in [-0.2, -0.15) is 0 Å². The van der Waals surface area contributed by atoms with Gasteiger partial charge in [0.15, 0.2) is 0 Å². The van der Waals surface area contributed by atoms with Gasteiger partial charge in [-0.15, -0.1) is 11.3 Å². The second-order valence-electron chi connectivity index (χ2n) is 4.09. The topological polar surface area (TPSA) is 55.5 Å². The number of methoxy groups -OCH3 is 1. The lowest BCUT2D eigenvalue weighted by Gasteiger charge is -2.20. The molecular formula is C14H17NO2S. The Morgan fingerprint density at radius 1 is 1.33 bits per heavy atom. The summed E-state index contributed by atoms with van der Waals surface area (Å²) in [5.74, 6) is 0.687.